The van der Waals surface area contributed by atoms with Gasteiger partial charge in [-0.3, -0.25) is 9.69 Å². The molecule has 1 saturated carbocycles. The van der Waals surface area contributed by atoms with Gasteiger partial charge in [-0.15, -0.1) is 0 Å². The lowest BCUT2D eigenvalue weighted by atomic mass is 10.0. The molecule has 2 fully saturated rings. The Labute approximate surface area is 165 Å². The van der Waals surface area contributed by atoms with Gasteiger partial charge in [-0.05, 0) is 24.8 Å². The topological polar surface area (TPSA) is 68.0 Å². The second kappa shape index (κ2) is 7.83. The highest BCUT2D eigenvalue weighted by molar-refractivity contribution is 5.92. The molecular weight excluding hydrogens is 358 g/mol. The molecule has 28 heavy (non-hydrogen) atoms. The lowest BCUT2D eigenvalue weighted by Gasteiger charge is -2.31. The van der Waals surface area contributed by atoms with Gasteiger partial charge in [0.15, 0.2) is 5.69 Å². The zero-order chi connectivity index (χ0) is 19.7. The normalized spacial score (nSPS) is 22.2. The van der Waals surface area contributed by atoms with Crippen LogP contribution in [0.3, 0.4) is 0 Å². The molecule has 0 bridgehead atoms. The number of methoxy groups -OCH3 is 2. The molecule has 1 aromatic carbocycles. The van der Waals surface area contributed by atoms with Crippen molar-refractivity contribution >= 4 is 5.91 Å². The van der Waals surface area contributed by atoms with E-state index in [1.54, 1.807) is 20.3 Å². The fourth-order valence-corrected chi connectivity index (χ4v) is 4.16. The van der Waals surface area contributed by atoms with Crippen molar-refractivity contribution in [2.24, 2.45) is 5.92 Å². The van der Waals surface area contributed by atoms with E-state index in [4.69, 9.17) is 14.0 Å². The van der Waals surface area contributed by atoms with Gasteiger partial charge in [0, 0.05) is 49.4 Å². The molecule has 1 aromatic heterocycles. The molecule has 0 N–H and O–H groups in total. The van der Waals surface area contributed by atoms with Crippen LogP contribution < -0.4 is 9.47 Å². The van der Waals surface area contributed by atoms with E-state index < -0.39 is 0 Å². The maximum atomic E-state index is 13.0. The lowest BCUT2D eigenvalue weighted by molar-refractivity contribution is 0.0621. The van der Waals surface area contributed by atoms with E-state index in [1.165, 1.54) is 6.26 Å². The third-order valence-corrected chi connectivity index (χ3v) is 5.73. The van der Waals surface area contributed by atoms with Gasteiger partial charge in [0.2, 0.25) is 0 Å². The van der Waals surface area contributed by atoms with Crippen LogP contribution >= 0.6 is 0 Å². The first-order valence-electron chi connectivity index (χ1n) is 9.77. The Bertz CT molecular complexity index is 819. The van der Waals surface area contributed by atoms with Crippen molar-refractivity contribution in [3.63, 3.8) is 0 Å². The molecule has 1 aliphatic heterocycles. The average molecular weight is 385 g/mol. The fraction of sp³-hybridized carbons (Fsp3) is 0.524. The van der Waals surface area contributed by atoms with Crippen LogP contribution in [-0.2, 0) is 6.54 Å². The number of ether oxygens (including phenoxy) is 2. The summed E-state index contributed by atoms with van der Waals surface area (Å²) in [4.78, 5) is 17.5. The highest BCUT2D eigenvalue weighted by atomic mass is 16.5. The molecule has 4 rings (SSSR count). The zero-order valence-corrected chi connectivity index (χ0v) is 16.6. The summed E-state index contributed by atoms with van der Waals surface area (Å²) in [6, 6.07) is 8.08. The lowest BCUT2D eigenvalue weighted by Crippen LogP contribution is -2.46. The Balaban J connectivity index is 1.49. The average Bonchev–Trinajstić information content (AvgIpc) is 3.24. The van der Waals surface area contributed by atoms with E-state index >= 15 is 0 Å². The highest BCUT2D eigenvalue weighted by Crippen LogP contribution is 2.35. The predicted molar refractivity (Wildman–Crippen MR) is 103 cm³/mol. The zero-order valence-electron chi connectivity index (χ0n) is 16.6. The van der Waals surface area contributed by atoms with Crippen molar-refractivity contribution in [3.8, 4) is 11.5 Å². The number of carbonyl (C=O) groups is 1. The third-order valence-electron chi connectivity index (χ3n) is 5.73. The van der Waals surface area contributed by atoms with Crippen LogP contribution in [0.15, 0.2) is 35.1 Å². The van der Waals surface area contributed by atoms with Crippen LogP contribution in [0.4, 0.5) is 0 Å². The number of hydrogen-bond donors (Lipinski definition) is 0. The number of aromatic nitrogens is 1. The summed E-state index contributed by atoms with van der Waals surface area (Å²) in [7, 11) is 3.33. The molecule has 1 aliphatic carbocycles. The summed E-state index contributed by atoms with van der Waals surface area (Å²) in [6.45, 7) is 4.79. The first kappa shape index (κ1) is 18.8. The molecule has 2 atom stereocenters. The molecule has 150 valence electrons. The molecular formula is C21H27N3O4. The Morgan fingerprint density at radius 2 is 2.07 bits per heavy atom. The van der Waals surface area contributed by atoms with Crippen molar-refractivity contribution in [1.29, 1.82) is 0 Å². The smallest absolute Gasteiger partial charge is 0.276 e. The van der Waals surface area contributed by atoms with Crippen LogP contribution in [0.5, 0.6) is 11.5 Å². The summed E-state index contributed by atoms with van der Waals surface area (Å²) in [5, 5.41) is 3.86. The SMILES string of the molecule is COc1ccc(CN2C[C@H](C)[C@@H](N(C(=O)c3ccon3)C3CC3)C2)c(OC)c1. The number of likely N-dealkylation sites (tertiary alicyclic amines) is 1. The predicted octanol–water partition coefficient (Wildman–Crippen LogP) is 2.82. The number of nitrogens with zero attached hydrogens (tertiary/aromatic N) is 3. The molecule has 0 spiro atoms. The molecule has 2 aliphatic rings. The van der Waals surface area contributed by atoms with Gasteiger partial charge in [0.25, 0.3) is 5.91 Å². The van der Waals surface area contributed by atoms with Crippen LogP contribution in [0.2, 0.25) is 0 Å². The minimum Gasteiger partial charge on any atom is -0.497 e. The van der Waals surface area contributed by atoms with Crippen molar-refractivity contribution in [2.75, 3.05) is 27.3 Å². The monoisotopic (exact) mass is 385 g/mol. The van der Waals surface area contributed by atoms with Crippen LogP contribution in [0.1, 0.15) is 35.8 Å². The quantitative estimate of drug-likeness (QED) is 0.730. The summed E-state index contributed by atoms with van der Waals surface area (Å²) < 4.78 is 15.7. The van der Waals surface area contributed by atoms with Gasteiger partial charge in [0.1, 0.15) is 17.8 Å². The Kier molecular flexibility index (Phi) is 5.26. The van der Waals surface area contributed by atoms with E-state index in [9.17, 15) is 4.79 Å². The third kappa shape index (κ3) is 3.71. The Hall–Kier alpha value is -2.54. The second-order valence-electron chi connectivity index (χ2n) is 7.74. The molecule has 2 aromatic rings. The molecule has 1 saturated heterocycles. The Morgan fingerprint density at radius 1 is 1.25 bits per heavy atom. The maximum Gasteiger partial charge on any atom is 0.276 e. The molecule has 1 amide bonds. The van der Waals surface area contributed by atoms with Crippen molar-refractivity contribution in [2.45, 2.75) is 38.4 Å². The van der Waals surface area contributed by atoms with Gasteiger partial charge in [-0.25, -0.2) is 0 Å². The van der Waals surface area contributed by atoms with Crippen LogP contribution in [0.25, 0.3) is 0 Å². The van der Waals surface area contributed by atoms with Gasteiger partial charge in [-0.2, -0.15) is 0 Å². The first-order chi connectivity index (χ1) is 13.6. The second-order valence-corrected chi connectivity index (χ2v) is 7.74. The first-order valence-corrected chi connectivity index (χ1v) is 9.77. The van der Waals surface area contributed by atoms with Gasteiger partial charge in [-0.1, -0.05) is 18.1 Å². The van der Waals surface area contributed by atoms with Crippen molar-refractivity contribution in [3.05, 3.63) is 41.8 Å². The largest absolute Gasteiger partial charge is 0.497 e. The standard InChI is InChI=1S/C21H27N3O4/c1-14-11-23(12-15-4-7-17(26-2)10-20(15)27-3)13-19(14)24(16-5-6-16)21(25)18-8-9-28-22-18/h4,7-10,14,16,19H,5-6,11-13H2,1-3H3/t14-,19-/m0/s1. The van der Waals surface area contributed by atoms with Gasteiger partial charge < -0.3 is 18.9 Å². The molecule has 0 unspecified atom stereocenters. The number of benzene rings is 1. The van der Waals surface area contributed by atoms with E-state index in [0.717, 1.165) is 49.5 Å². The molecule has 7 heteroatoms. The van der Waals surface area contributed by atoms with Gasteiger partial charge >= 0.3 is 0 Å². The number of carbonyl (C=O) groups excluding carboxylic acids is 1. The molecule has 0 radical (unpaired) electrons. The van der Waals surface area contributed by atoms with Gasteiger partial charge in [0.05, 0.1) is 14.2 Å². The fourth-order valence-electron chi connectivity index (χ4n) is 4.16. The maximum absolute atomic E-state index is 13.0. The van der Waals surface area contributed by atoms with E-state index in [-0.39, 0.29) is 11.9 Å². The van der Waals surface area contributed by atoms with E-state index in [2.05, 4.69) is 23.0 Å². The minimum absolute atomic E-state index is 0.0167. The summed E-state index contributed by atoms with van der Waals surface area (Å²) in [5.41, 5.74) is 1.52. The number of rotatable bonds is 7. The number of amides is 1. The summed E-state index contributed by atoms with van der Waals surface area (Å²) >= 11 is 0. The molecule has 2 heterocycles. The van der Waals surface area contributed by atoms with E-state index in [0.29, 0.717) is 17.7 Å². The van der Waals surface area contributed by atoms with E-state index in [1.807, 2.05) is 17.0 Å². The highest BCUT2D eigenvalue weighted by Gasteiger charge is 2.44. The van der Waals surface area contributed by atoms with Crippen molar-refractivity contribution in [1.82, 2.24) is 15.0 Å². The summed E-state index contributed by atoms with van der Waals surface area (Å²) in [5.74, 6) is 1.98. The Morgan fingerprint density at radius 3 is 2.71 bits per heavy atom. The molecule has 7 nitrogen and oxygen atoms in total. The summed E-state index contributed by atoms with van der Waals surface area (Å²) in [6.07, 6.45) is 3.59. The minimum atomic E-state index is -0.0167. The number of hydrogen-bond acceptors (Lipinski definition) is 6. The van der Waals surface area contributed by atoms with Crippen LogP contribution in [-0.4, -0.2) is 60.3 Å². The van der Waals surface area contributed by atoms with Crippen molar-refractivity contribution < 1.29 is 18.8 Å². The van der Waals surface area contributed by atoms with Crippen LogP contribution in [0, 0.1) is 5.92 Å².